The quantitative estimate of drug-likeness (QED) is 0.414. The zero-order valence-electron chi connectivity index (χ0n) is 21.8. The Bertz CT molecular complexity index is 1360. The standard InChI is InChI=1S/C31H34F2N2O3/c1-37-12-4-5-20-13-21-6-2-3-7-25(21)22(14-20)18-35(24-8-9-24)30(36)27-17-34-11-10-31(27)26-16-29(33)28(32)15-23(26)19-38-31/h2-3,6-7,13-16,24,27,34H,4-5,8-12,17-19H2,1H3. The number of hydrogen-bond acceptors (Lipinski definition) is 4. The van der Waals surface area contributed by atoms with E-state index in [-0.39, 0.29) is 18.6 Å². The number of ether oxygens (including phenoxy) is 2. The smallest absolute Gasteiger partial charge is 0.230 e. The number of aryl methyl sites for hydroxylation is 1. The number of fused-ring (bicyclic) bond motifs is 3. The summed E-state index contributed by atoms with van der Waals surface area (Å²) >= 11 is 0. The molecule has 0 bridgehead atoms. The van der Waals surface area contributed by atoms with E-state index in [1.54, 1.807) is 7.11 Å². The van der Waals surface area contributed by atoms with Crippen LogP contribution in [0.25, 0.3) is 10.8 Å². The topological polar surface area (TPSA) is 50.8 Å². The van der Waals surface area contributed by atoms with Crippen molar-refractivity contribution in [3.05, 3.63) is 82.4 Å². The lowest BCUT2D eigenvalue weighted by Crippen LogP contribution is -2.55. The first-order valence-electron chi connectivity index (χ1n) is 13.6. The third-order valence-corrected chi connectivity index (χ3v) is 8.40. The molecular formula is C31H34F2N2O3. The van der Waals surface area contributed by atoms with Crippen LogP contribution in [-0.4, -0.2) is 43.7 Å². The molecule has 200 valence electrons. The highest BCUT2D eigenvalue weighted by molar-refractivity contribution is 5.87. The lowest BCUT2D eigenvalue weighted by atomic mass is 9.75. The van der Waals surface area contributed by atoms with Crippen LogP contribution in [0, 0.1) is 17.6 Å². The number of nitrogens with zero attached hydrogens (tertiary/aromatic N) is 1. The van der Waals surface area contributed by atoms with Gasteiger partial charge in [0.25, 0.3) is 0 Å². The van der Waals surface area contributed by atoms with Crippen molar-refractivity contribution >= 4 is 16.7 Å². The van der Waals surface area contributed by atoms with Gasteiger partial charge in [-0.15, -0.1) is 0 Å². The first kappa shape index (κ1) is 25.4. The van der Waals surface area contributed by atoms with Gasteiger partial charge in [0.1, 0.15) is 5.60 Å². The molecule has 3 aromatic rings. The van der Waals surface area contributed by atoms with Crippen LogP contribution in [-0.2, 0) is 39.4 Å². The molecule has 3 aliphatic rings. The predicted molar refractivity (Wildman–Crippen MR) is 142 cm³/mol. The third-order valence-electron chi connectivity index (χ3n) is 8.40. The van der Waals surface area contributed by atoms with Gasteiger partial charge in [0.15, 0.2) is 11.6 Å². The van der Waals surface area contributed by atoms with Gasteiger partial charge >= 0.3 is 0 Å². The maximum Gasteiger partial charge on any atom is 0.230 e. The molecule has 5 nitrogen and oxygen atoms in total. The van der Waals surface area contributed by atoms with Crippen LogP contribution in [0.2, 0.25) is 0 Å². The van der Waals surface area contributed by atoms with Crippen molar-refractivity contribution in [2.45, 2.75) is 56.9 Å². The maximum atomic E-state index is 14.4. The molecule has 2 fully saturated rings. The second-order valence-corrected chi connectivity index (χ2v) is 10.9. The van der Waals surface area contributed by atoms with Crippen LogP contribution < -0.4 is 5.32 Å². The number of methoxy groups -OCH3 is 1. The molecule has 0 aromatic heterocycles. The van der Waals surface area contributed by atoms with Gasteiger partial charge in [0.05, 0.1) is 12.5 Å². The predicted octanol–water partition coefficient (Wildman–Crippen LogP) is 5.22. The van der Waals surface area contributed by atoms with Crippen LogP contribution in [0.15, 0.2) is 48.5 Å². The van der Waals surface area contributed by atoms with Gasteiger partial charge in [0.2, 0.25) is 5.91 Å². The van der Waals surface area contributed by atoms with Gasteiger partial charge in [-0.2, -0.15) is 0 Å². The molecule has 1 aliphatic carbocycles. The summed E-state index contributed by atoms with van der Waals surface area (Å²) in [5.41, 5.74) is 2.69. The van der Waals surface area contributed by atoms with Gasteiger partial charge in [-0.05, 0) is 83.8 Å². The van der Waals surface area contributed by atoms with Crippen molar-refractivity contribution < 1.29 is 23.0 Å². The Morgan fingerprint density at radius 2 is 1.97 bits per heavy atom. The number of amides is 1. The van der Waals surface area contributed by atoms with Crippen LogP contribution in [0.1, 0.15) is 47.9 Å². The molecule has 7 heteroatoms. The molecule has 38 heavy (non-hydrogen) atoms. The minimum Gasteiger partial charge on any atom is -0.385 e. The summed E-state index contributed by atoms with van der Waals surface area (Å²) in [6.07, 6.45) is 4.33. The van der Waals surface area contributed by atoms with E-state index in [0.29, 0.717) is 43.8 Å². The molecule has 2 unspecified atom stereocenters. The van der Waals surface area contributed by atoms with E-state index in [4.69, 9.17) is 9.47 Å². The zero-order valence-corrected chi connectivity index (χ0v) is 21.8. The normalized spacial score (nSPS) is 22.7. The molecule has 2 atom stereocenters. The molecule has 2 aliphatic heterocycles. The third kappa shape index (κ3) is 4.61. The highest BCUT2D eigenvalue weighted by atomic mass is 19.2. The molecule has 1 spiro atoms. The minimum atomic E-state index is -0.941. The number of benzene rings is 3. The van der Waals surface area contributed by atoms with E-state index in [1.165, 1.54) is 23.1 Å². The molecule has 6 rings (SSSR count). The van der Waals surface area contributed by atoms with Gasteiger partial charge < -0.3 is 19.7 Å². The molecule has 1 N–H and O–H groups in total. The van der Waals surface area contributed by atoms with Crippen LogP contribution in [0.4, 0.5) is 8.78 Å². The van der Waals surface area contributed by atoms with Crippen molar-refractivity contribution in [3.63, 3.8) is 0 Å². The van der Waals surface area contributed by atoms with E-state index < -0.39 is 23.2 Å². The Balaban J connectivity index is 1.34. The van der Waals surface area contributed by atoms with Crippen LogP contribution in [0.5, 0.6) is 0 Å². The van der Waals surface area contributed by atoms with Crippen LogP contribution in [0.3, 0.4) is 0 Å². The summed E-state index contributed by atoms with van der Waals surface area (Å²) in [4.78, 5) is 16.4. The molecule has 1 saturated carbocycles. The first-order valence-corrected chi connectivity index (χ1v) is 13.6. The second kappa shape index (κ2) is 10.4. The van der Waals surface area contributed by atoms with Crippen molar-refractivity contribution in [1.29, 1.82) is 0 Å². The monoisotopic (exact) mass is 520 g/mol. The summed E-state index contributed by atoms with van der Waals surface area (Å²) < 4.78 is 39.9. The minimum absolute atomic E-state index is 0.0196. The van der Waals surface area contributed by atoms with E-state index in [1.807, 2.05) is 17.0 Å². The SMILES string of the molecule is COCCCc1cc(CN(C(=O)C2CNCCC23OCc2cc(F)c(F)cc23)C2CC2)c2ccccc2c1. The van der Waals surface area contributed by atoms with Crippen LogP contribution >= 0.6 is 0 Å². The second-order valence-electron chi connectivity index (χ2n) is 10.9. The maximum absolute atomic E-state index is 14.4. The Kier molecular flexibility index (Phi) is 6.93. The summed E-state index contributed by atoms with van der Waals surface area (Å²) in [6, 6.07) is 15.5. The average molecular weight is 521 g/mol. The number of rotatable bonds is 8. The fourth-order valence-electron chi connectivity index (χ4n) is 6.34. The Morgan fingerprint density at radius 1 is 1.16 bits per heavy atom. The lowest BCUT2D eigenvalue weighted by molar-refractivity contribution is -0.157. The number of nitrogens with one attached hydrogen (secondary N) is 1. The summed E-state index contributed by atoms with van der Waals surface area (Å²) in [7, 11) is 1.72. The average Bonchev–Trinajstić information content (AvgIpc) is 3.72. The zero-order chi connectivity index (χ0) is 26.3. The van der Waals surface area contributed by atoms with Gasteiger partial charge in [0, 0.05) is 32.8 Å². The highest BCUT2D eigenvalue weighted by Crippen LogP contribution is 2.48. The Labute approximate surface area is 222 Å². The van der Waals surface area contributed by atoms with E-state index in [2.05, 4.69) is 29.6 Å². The number of hydrogen-bond donors (Lipinski definition) is 1. The summed E-state index contributed by atoms with van der Waals surface area (Å²) in [6.45, 7) is 2.50. The molecule has 0 radical (unpaired) electrons. The Morgan fingerprint density at radius 3 is 2.79 bits per heavy atom. The molecule has 1 saturated heterocycles. The van der Waals surface area contributed by atoms with E-state index in [0.717, 1.165) is 36.6 Å². The van der Waals surface area contributed by atoms with Crippen molar-refractivity contribution in [2.24, 2.45) is 5.92 Å². The molecule has 3 aromatic carbocycles. The van der Waals surface area contributed by atoms with Gasteiger partial charge in [-0.3, -0.25) is 4.79 Å². The Hall–Kier alpha value is -2.87. The van der Waals surface area contributed by atoms with Gasteiger partial charge in [-0.25, -0.2) is 8.78 Å². The molecular weight excluding hydrogens is 486 g/mol. The fraction of sp³-hybridized carbons (Fsp3) is 0.452. The first-order chi connectivity index (χ1) is 18.5. The number of halogens is 2. The summed E-state index contributed by atoms with van der Waals surface area (Å²) in [5, 5.41) is 5.68. The van der Waals surface area contributed by atoms with Crippen molar-refractivity contribution in [2.75, 3.05) is 26.8 Å². The number of carbonyl (C=O) groups is 1. The number of piperidine rings is 1. The van der Waals surface area contributed by atoms with E-state index in [9.17, 15) is 13.6 Å². The number of carbonyl (C=O) groups excluding carboxylic acids is 1. The fourth-order valence-corrected chi connectivity index (χ4v) is 6.34. The van der Waals surface area contributed by atoms with Crippen molar-refractivity contribution in [1.82, 2.24) is 10.2 Å². The molecule has 1 amide bonds. The van der Waals surface area contributed by atoms with Gasteiger partial charge in [-0.1, -0.05) is 36.4 Å². The molecule has 2 heterocycles. The lowest BCUT2D eigenvalue weighted by Gasteiger charge is -2.43. The van der Waals surface area contributed by atoms with E-state index >= 15 is 0 Å². The highest BCUT2D eigenvalue weighted by Gasteiger charge is 2.53. The summed E-state index contributed by atoms with van der Waals surface area (Å²) in [5.74, 6) is -2.27. The van der Waals surface area contributed by atoms with Crippen molar-refractivity contribution in [3.8, 4) is 0 Å². The largest absolute Gasteiger partial charge is 0.385 e.